The Morgan fingerprint density at radius 2 is 2.05 bits per heavy atom. The van der Waals surface area contributed by atoms with E-state index in [4.69, 9.17) is 16.3 Å². The molecular formula is C16H23ClN2O2. The van der Waals surface area contributed by atoms with E-state index in [1.165, 1.54) is 0 Å². The van der Waals surface area contributed by atoms with Crippen molar-refractivity contribution in [3.05, 3.63) is 34.9 Å². The number of hydrogen-bond acceptors (Lipinski definition) is 2. The molecule has 4 nitrogen and oxygen atoms in total. The van der Waals surface area contributed by atoms with Gasteiger partial charge in [0.15, 0.2) is 0 Å². The molecule has 21 heavy (non-hydrogen) atoms. The molecule has 2 rings (SSSR count). The third kappa shape index (κ3) is 4.90. The van der Waals surface area contributed by atoms with Crippen molar-refractivity contribution in [2.24, 2.45) is 0 Å². The SMILES string of the molecule is CC(C)(CNC(=O)NCC1CCCO1)c1ccc(Cl)cc1. The first-order valence-corrected chi connectivity index (χ1v) is 7.74. The fourth-order valence-corrected chi connectivity index (χ4v) is 2.50. The second-order valence-electron chi connectivity index (χ2n) is 6.09. The van der Waals surface area contributed by atoms with Gasteiger partial charge >= 0.3 is 6.03 Å². The lowest BCUT2D eigenvalue weighted by molar-refractivity contribution is 0.111. The Labute approximate surface area is 131 Å². The molecule has 0 aromatic heterocycles. The van der Waals surface area contributed by atoms with Crippen LogP contribution in [-0.2, 0) is 10.2 Å². The Hall–Kier alpha value is -1.26. The number of halogens is 1. The van der Waals surface area contributed by atoms with Crippen molar-refractivity contribution in [2.45, 2.75) is 38.2 Å². The molecule has 2 N–H and O–H groups in total. The van der Waals surface area contributed by atoms with Gasteiger partial charge in [-0.2, -0.15) is 0 Å². The van der Waals surface area contributed by atoms with Crippen LogP contribution < -0.4 is 10.6 Å². The zero-order chi connectivity index (χ0) is 15.3. The molecule has 0 radical (unpaired) electrons. The summed E-state index contributed by atoms with van der Waals surface area (Å²) in [6.45, 7) is 6.13. The summed E-state index contributed by atoms with van der Waals surface area (Å²) >= 11 is 5.90. The zero-order valence-corrected chi connectivity index (χ0v) is 13.4. The largest absolute Gasteiger partial charge is 0.376 e. The summed E-state index contributed by atoms with van der Waals surface area (Å²) in [4.78, 5) is 11.8. The maximum Gasteiger partial charge on any atom is 0.314 e. The van der Waals surface area contributed by atoms with Crippen molar-refractivity contribution in [3.63, 3.8) is 0 Å². The standard InChI is InChI=1S/C16H23ClN2O2/c1-16(2,12-5-7-13(17)8-6-12)11-19-15(20)18-10-14-4-3-9-21-14/h5-8,14H,3-4,9-11H2,1-2H3,(H2,18,19,20). The topological polar surface area (TPSA) is 50.4 Å². The quantitative estimate of drug-likeness (QED) is 0.878. The molecule has 0 bridgehead atoms. The maximum absolute atomic E-state index is 11.8. The van der Waals surface area contributed by atoms with Gasteiger partial charge in [0, 0.05) is 30.1 Å². The predicted octanol–water partition coefficient (Wildman–Crippen LogP) is 3.10. The number of amides is 2. The Bertz CT molecular complexity index is 468. The summed E-state index contributed by atoms with van der Waals surface area (Å²) in [6, 6.07) is 7.59. The predicted molar refractivity (Wildman–Crippen MR) is 84.9 cm³/mol. The van der Waals surface area contributed by atoms with Crippen LogP contribution in [0.4, 0.5) is 4.79 Å². The van der Waals surface area contributed by atoms with Crippen molar-refractivity contribution < 1.29 is 9.53 Å². The number of carbonyl (C=O) groups is 1. The average molecular weight is 311 g/mol. The highest BCUT2D eigenvalue weighted by molar-refractivity contribution is 6.30. The van der Waals surface area contributed by atoms with Gasteiger partial charge in [0.05, 0.1) is 6.10 Å². The normalized spacial score (nSPS) is 18.5. The van der Waals surface area contributed by atoms with Crippen molar-refractivity contribution in [2.75, 3.05) is 19.7 Å². The molecule has 0 spiro atoms. The van der Waals surface area contributed by atoms with Crippen LogP contribution in [0.1, 0.15) is 32.3 Å². The molecule has 1 aliphatic rings. The lowest BCUT2D eigenvalue weighted by atomic mass is 9.85. The Morgan fingerprint density at radius 3 is 2.67 bits per heavy atom. The summed E-state index contributed by atoms with van der Waals surface area (Å²) in [7, 11) is 0. The molecule has 0 saturated carbocycles. The number of carbonyl (C=O) groups excluding carboxylic acids is 1. The summed E-state index contributed by atoms with van der Waals surface area (Å²) in [6.07, 6.45) is 2.27. The van der Waals surface area contributed by atoms with Crippen molar-refractivity contribution in [1.82, 2.24) is 10.6 Å². The van der Waals surface area contributed by atoms with Gasteiger partial charge < -0.3 is 15.4 Å². The molecule has 1 heterocycles. The number of benzene rings is 1. The highest BCUT2D eigenvalue weighted by atomic mass is 35.5. The van der Waals surface area contributed by atoms with Gasteiger partial charge in [-0.25, -0.2) is 4.79 Å². The number of rotatable bonds is 5. The fraction of sp³-hybridized carbons (Fsp3) is 0.562. The van der Waals surface area contributed by atoms with E-state index in [9.17, 15) is 4.79 Å². The molecule has 1 fully saturated rings. The van der Waals surface area contributed by atoms with E-state index < -0.39 is 0 Å². The van der Waals surface area contributed by atoms with E-state index in [1.54, 1.807) is 0 Å². The third-order valence-corrected chi connectivity index (χ3v) is 4.08. The molecule has 2 amide bonds. The molecule has 1 atom stereocenters. The minimum Gasteiger partial charge on any atom is -0.376 e. The molecule has 116 valence electrons. The Morgan fingerprint density at radius 1 is 1.33 bits per heavy atom. The van der Waals surface area contributed by atoms with Gasteiger partial charge in [0.1, 0.15) is 0 Å². The van der Waals surface area contributed by atoms with Crippen molar-refractivity contribution in [1.29, 1.82) is 0 Å². The lowest BCUT2D eigenvalue weighted by Gasteiger charge is -2.26. The van der Waals surface area contributed by atoms with Crippen molar-refractivity contribution >= 4 is 17.6 Å². The number of ether oxygens (including phenoxy) is 1. The molecule has 1 unspecified atom stereocenters. The van der Waals surface area contributed by atoms with Gasteiger partial charge in [0.2, 0.25) is 0 Å². The summed E-state index contributed by atoms with van der Waals surface area (Å²) in [5, 5.41) is 6.50. The second kappa shape index (κ2) is 7.14. The Balaban J connectivity index is 1.77. The van der Waals surface area contributed by atoms with Crippen LogP contribution in [0, 0.1) is 0 Å². The van der Waals surface area contributed by atoms with E-state index in [0.717, 1.165) is 30.0 Å². The van der Waals surface area contributed by atoms with Crippen LogP contribution >= 0.6 is 11.6 Å². The number of hydrogen-bond donors (Lipinski definition) is 2. The van der Waals surface area contributed by atoms with Crippen LogP contribution in [0.2, 0.25) is 5.02 Å². The smallest absolute Gasteiger partial charge is 0.314 e. The molecule has 1 aromatic carbocycles. The highest BCUT2D eigenvalue weighted by Crippen LogP contribution is 2.23. The van der Waals surface area contributed by atoms with Crippen LogP contribution in [-0.4, -0.2) is 31.8 Å². The number of nitrogens with one attached hydrogen (secondary N) is 2. The minimum atomic E-state index is -0.147. The van der Waals surface area contributed by atoms with Crippen LogP contribution in [0.5, 0.6) is 0 Å². The maximum atomic E-state index is 11.8. The van der Waals surface area contributed by atoms with Crippen LogP contribution in [0.15, 0.2) is 24.3 Å². The molecule has 1 aliphatic heterocycles. The van der Waals surface area contributed by atoms with Crippen LogP contribution in [0.25, 0.3) is 0 Å². The van der Waals surface area contributed by atoms with E-state index in [-0.39, 0.29) is 17.6 Å². The Kier molecular flexibility index (Phi) is 5.48. The van der Waals surface area contributed by atoms with E-state index >= 15 is 0 Å². The van der Waals surface area contributed by atoms with E-state index in [2.05, 4.69) is 24.5 Å². The first-order chi connectivity index (χ1) is 9.97. The lowest BCUT2D eigenvalue weighted by Crippen LogP contribution is -2.44. The second-order valence-corrected chi connectivity index (χ2v) is 6.53. The monoisotopic (exact) mass is 310 g/mol. The first-order valence-electron chi connectivity index (χ1n) is 7.37. The van der Waals surface area contributed by atoms with Gasteiger partial charge in [0.25, 0.3) is 0 Å². The van der Waals surface area contributed by atoms with Crippen molar-refractivity contribution in [3.8, 4) is 0 Å². The van der Waals surface area contributed by atoms with Gasteiger partial charge in [-0.3, -0.25) is 0 Å². The third-order valence-electron chi connectivity index (χ3n) is 3.83. The first kappa shape index (κ1) is 16.1. The molecule has 5 heteroatoms. The van der Waals surface area contributed by atoms with Gasteiger partial charge in [-0.15, -0.1) is 0 Å². The molecule has 1 saturated heterocycles. The highest BCUT2D eigenvalue weighted by Gasteiger charge is 2.22. The van der Waals surface area contributed by atoms with Gasteiger partial charge in [-0.05, 0) is 30.5 Å². The zero-order valence-electron chi connectivity index (χ0n) is 12.6. The van der Waals surface area contributed by atoms with Crippen LogP contribution in [0.3, 0.4) is 0 Å². The summed E-state index contributed by atoms with van der Waals surface area (Å²) in [5.74, 6) is 0. The van der Waals surface area contributed by atoms with E-state index in [1.807, 2.05) is 24.3 Å². The molecular weight excluding hydrogens is 288 g/mol. The number of urea groups is 1. The molecule has 1 aromatic rings. The average Bonchev–Trinajstić information content (AvgIpc) is 2.97. The minimum absolute atomic E-state index is 0.146. The van der Waals surface area contributed by atoms with Gasteiger partial charge in [-0.1, -0.05) is 37.6 Å². The summed E-state index contributed by atoms with van der Waals surface area (Å²) in [5.41, 5.74) is 0.998. The summed E-state index contributed by atoms with van der Waals surface area (Å²) < 4.78 is 5.47. The van der Waals surface area contributed by atoms with E-state index in [0.29, 0.717) is 13.1 Å². The fourth-order valence-electron chi connectivity index (χ4n) is 2.38. The molecule has 0 aliphatic carbocycles.